The maximum atomic E-state index is 13.2. The van der Waals surface area contributed by atoms with E-state index >= 15 is 0 Å². The van der Waals surface area contributed by atoms with E-state index in [4.69, 9.17) is 28.4 Å². The van der Waals surface area contributed by atoms with Crippen molar-refractivity contribution >= 4 is 18.2 Å². The molecular formula is C33H48O11. The first-order chi connectivity index (χ1) is 20.9. The molecule has 0 aromatic carbocycles. The first kappa shape index (κ1) is 32.1. The molecule has 0 spiro atoms. The van der Waals surface area contributed by atoms with Crippen molar-refractivity contribution in [3.05, 3.63) is 11.6 Å². The molecule has 2 N–H and O–H groups in total. The van der Waals surface area contributed by atoms with Gasteiger partial charge in [0.1, 0.15) is 25.1 Å². The Morgan fingerprint density at radius 1 is 1.00 bits per heavy atom. The topological polar surface area (TPSA) is 147 Å². The molecule has 11 heteroatoms. The van der Waals surface area contributed by atoms with Crippen molar-refractivity contribution in [3.8, 4) is 0 Å². The maximum Gasteiger partial charge on any atom is 0.331 e. The van der Waals surface area contributed by atoms with Crippen LogP contribution in [0.25, 0.3) is 0 Å². The van der Waals surface area contributed by atoms with Gasteiger partial charge in [-0.05, 0) is 81.6 Å². The predicted octanol–water partition coefficient (Wildman–Crippen LogP) is 2.63. The van der Waals surface area contributed by atoms with Gasteiger partial charge in [-0.25, -0.2) is 4.79 Å². The van der Waals surface area contributed by atoms with Crippen LogP contribution in [0.2, 0.25) is 0 Å². The molecule has 0 aromatic heterocycles. The van der Waals surface area contributed by atoms with Crippen molar-refractivity contribution < 1.29 is 53.0 Å². The van der Waals surface area contributed by atoms with E-state index in [1.165, 1.54) is 21.1 Å². The van der Waals surface area contributed by atoms with Crippen LogP contribution in [0.1, 0.15) is 78.6 Å². The number of rotatable bonds is 7. The molecule has 2 heterocycles. The Kier molecular flexibility index (Phi) is 8.32. The minimum atomic E-state index is -1.29. The van der Waals surface area contributed by atoms with Crippen LogP contribution in [0.4, 0.5) is 0 Å². The van der Waals surface area contributed by atoms with Crippen molar-refractivity contribution in [3.63, 3.8) is 0 Å². The molecule has 5 fully saturated rings. The van der Waals surface area contributed by atoms with Crippen LogP contribution < -0.4 is 0 Å². The molecule has 6 aliphatic rings. The van der Waals surface area contributed by atoms with E-state index in [0.717, 1.165) is 24.7 Å². The Morgan fingerprint density at radius 3 is 2.36 bits per heavy atom. The zero-order valence-corrected chi connectivity index (χ0v) is 26.5. The third-order valence-electron chi connectivity index (χ3n) is 12.7. The van der Waals surface area contributed by atoms with Crippen LogP contribution in [0.3, 0.4) is 0 Å². The molecule has 4 saturated carbocycles. The predicted molar refractivity (Wildman–Crippen MR) is 154 cm³/mol. The molecule has 0 amide bonds. The summed E-state index contributed by atoms with van der Waals surface area (Å²) < 4.78 is 34.7. The molecule has 2 aliphatic heterocycles. The highest BCUT2D eigenvalue weighted by molar-refractivity contribution is 5.85. The maximum absolute atomic E-state index is 13.2. The Hall–Kier alpha value is -1.89. The minimum absolute atomic E-state index is 0.0556. The van der Waals surface area contributed by atoms with Gasteiger partial charge in [-0.3, -0.25) is 4.79 Å². The van der Waals surface area contributed by atoms with Gasteiger partial charge >= 0.3 is 11.9 Å². The third kappa shape index (κ3) is 4.63. The monoisotopic (exact) mass is 620 g/mol. The number of ether oxygens (including phenoxy) is 6. The Morgan fingerprint density at radius 2 is 1.73 bits per heavy atom. The van der Waals surface area contributed by atoms with E-state index in [0.29, 0.717) is 38.5 Å². The second-order valence-corrected chi connectivity index (χ2v) is 14.4. The summed E-state index contributed by atoms with van der Waals surface area (Å²) in [4.78, 5) is 36.8. The van der Waals surface area contributed by atoms with E-state index in [-0.39, 0.29) is 36.8 Å². The molecule has 0 unspecified atom stereocenters. The van der Waals surface area contributed by atoms with Gasteiger partial charge in [0.2, 0.25) is 0 Å². The SMILES string of the molecule is CO[C@@H]1[C@H](OC)[C@H](O[C@@H]2CC[C@]3(C=O)[C@H]4CC[C@]5(C)[C@@H](C6=CC(=O)OC6)CC[C@@]5(O)[C@@H]4CC[C@]3(O)C2)O[C@@H](C)[C@H]1OC(C)=O. The molecular weight excluding hydrogens is 572 g/mol. The lowest BCUT2D eigenvalue weighted by Crippen LogP contribution is -2.69. The fourth-order valence-electron chi connectivity index (χ4n) is 10.6. The van der Waals surface area contributed by atoms with Crippen LogP contribution in [0, 0.1) is 28.6 Å². The summed E-state index contributed by atoms with van der Waals surface area (Å²) in [6.07, 6.45) is 3.86. The summed E-state index contributed by atoms with van der Waals surface area (Å²) in [6, 6.07) is 0. The lowest BCUT2D eigenvalue weighted by Gasteiger charge is -2.65. The van der Waals surface area contributed by atoms with Gasteiger partial charge < -0.3 is 43.4 Å². The first-order valence-corrected chi connectivity index (χ1v) is 16.2. The van der Waals surface area contributed by atoms with Gasteiger partial charge in [0.05, 0.1) is 28.8 Å². The van der Waals surface area contributed by atoms with Crippen LogP contribution in [-0.2, 0) is 42.8 Å². The number of cyclic esters (lactones) is 1. The molecule has 4 aliphatic carbocycles. The Labute approximate surface area is 258 Å². The second kappa shape index (κ2) is 11.4. The molecule has 6 rings (SSSR count). The number of methoxy groups -OCH3 is 2. The second-order valence-electron chi connectivity index (χ2n) is 14.4. The van der Waals surface area contributed by atoms with Crippen LogP contribution in [-0.4, -0.2) is 97.3 Å². The van der Waals surface area contributed by atoms with Crippen molar-refractivity contribution in [1.82, 2.24) is 0 Å². The molecule has 0 radical (unpaired) electrons. The molecule has 44 heavy (non-hydrogen) atoms. The number of esters is 2. The number of hydrogen-bond acceptors (Lipinski definition) is 11. The summed E-state index contributed by atoms with van der Waals surface area (Å²) >= 11 is 0. The fourth-order valence-corrected chi connectivity index (χ4v) is 10.6. The van der Waals surface area contributed by atoms with Crippen molar-refractivity contribution in [2.24, 2.45) is 28.6 Å². The zero-order valence-electron chi connectivity index (χ0n) is 26.5. The van der Waals surface area contributed by atoms with Gasteiger partial charge in [-0.1, -0.05) is 6.92 Å². The quantitative estimate of drug-likeness (QED) is 0.246. The summed E-state index contributed by atoms with van der Waals surface area (Å²) in [5.74, 6) is -1.00. The Bertz CT molecular complexity index is 1190. The standard InChI is InChI=1S/C33H48O11/c1-18-26(43-19(2)35)27(39-4)28(40-5)29(42-18)44-21-6-11-31(17-34)23-7-10-30(3)22(20-14-25(36)41-16-20)9-13-33(30,38)24(23)8-12-32(31,37)15-21/h14,17-18,21-24,26-29,37-38H,6-13,15-16H2,1-5H3/t18-,21+,22+,23-,24+,26+,27-,28-,29-,30+,31-,32-,33+/m0/s1. The zero-order chi connectivity index (χ0) is 31.7. The lowest BCUT2D eigenvalue weighted by atomic mass is 9.41. The van der Waals surface area contributed by atoms with Crippen molar-refractivity contribution in [2.45, 2.75) is 127 Å². The fraction of sp³-hybridized carbons (Fsp3) is 0.848. The van der Waals surface area contributed by atoms with Gasteiger partial charge in [0.25, 0.3) is 0 Å². The molecule has 13 atom stereocenters. The number of hydrogen-bond donors (Lipinski definition) is 2. The number of carbonyl (C=O) groups is 3. The van der Waals surface area contributed by atoms with Gasteiger partial charge in [0, 0.05) is 39.1 Å². The lowest BCUT2D eigenvalue weighted by molar-refractivity contribution is -0.324. The van der Waals surface area contributed by atoms with Gasteiger partial charge in [-0.15, -0.1) is 0 Å². The summed E-state index contributed by atoms with van der Waals surface area (Å²) in [6.45, 7) is 5.55. The minimum Gasteiger partial charge on any atom is -0.458 e. The van der Waals surface area contributed by atoms with E-state index < -0.39 is 64.8 Å². The molecule has 246 valence electrons. The summed E-state index contributed by atoms with van der Waals surface area (Å²) in [7, 11) is 3.05. The highest BCUT2D eigenvalue weighted by Crippen LogP contribution is 2.70. The average Bonchev–Trinajstić information content (AvgIpc) is 3.52. The van der Waals surface area contributed by atoms with Crippen molar-refractivity contribution in [1.29, 1.82) is 0 Å². The number of carbonyl (C=O) groups excluding carboxylic acids is 3. The van der Waals surface area contributed by atoms with E-state index in [1.807, 2.05) is 0 Å². The number of aliphatic hydroxyl groups is 2. The van der Waals surface area contributed by atoms with Crippen LogP contribution in [0.5, 0.6) is 0 Å². The smallest absolute Gasteiger partial charge is 0.331 e. The molecule has 11 nitrogen and oxygen atoms in total. The van der Waals surface area contributed by atoms with Crippen LogP contribution in [0.15, 0.2) is 11.6 Å². The largest absolute Gasteiger partial charge is 0.458 e. The van der Waals surface area contributed by atoms with Crippen molar-refractivity contribution in [2.75, 3.05) is 20.8 Å². The van der Waals surface area contributed by atoms with E-state index in [2.05, 4.69) is 6.92 Å². The molecule has 1 saturated heterocycles. The molecule has 0 bridgehead atoms. The van der Waals surface area contributed by atoms with Gasteiger partial charge in [-0.2, -0.15) is 0 Å². The normalized spacial score (nSPS) is 50.1. The highest BCUT2D eigenvalue weighted by Gasteiger charge is 2.71. The van der Waals surface area contributed by atoms with E-state index in [1.54, 1.807) is 13.0 Å². The number of fused-ring (bicyclic) bond motifs is 5. The van der Waals surface area contributed by atoms with Crippen LogP contribution >= 0.6 is 0 Å². The van der Waals surface area contributed by atoms with Gasteiger partial charge in [0.15, 0.2) is 12.4 Å². The van der Waals surface area contributed by atoms with E-state index in [9.17, 15) is 24.6 Å². The Balaban J connectivity index is 1.20. The summed E-state index contributed by atoms with van der Waals surface area (Å²) in [5, 5.41) is 24.8. The molecule has 0 aromatic rings. The first-order valence-electron chi connectivity index (χ1n) is 16.2. The summed E-state index contributed by atoms with van der Waals surface area (Å²) in [5.41, 5.74) is -2.75. The average molecular weight is 621 g/mol. The third-order valence-corrected chi connectivity index (χ3v) is 12.7. The number of aldehydes is 1. The highest BCUT2D eigenvalue weighted by atomic mass is 16.7.